The van der Waals surface area contributed by atoms with E-state index in [0.29, 0.717) is 22.5 Å². The standard InChI is InChI=1S/C11H14BrNO2.C11H15NO2/c1-11(2,3)15-10(14)8-6-7(12)4-5-9(8)13;1-11(2,3)14-10(13)8-6-4-5-7-9(8)12/h4-6H,13H2,1-3H3;4-7H,12H2,1-3H3. The summed E-state index contributed by atoms with van der Waals surface area (Å²) in [6, 6.07) is 12.0. The second-order valence-corrected chi connectivity index (χ2v) is 9.24. The maximum Gasteiger partial charge on any atom is 0.340 e. The molecule has 2 aromatic carbocycles. The Balaban J connectivity index is 0.000000291. The number of hydrogen-bond acceptors (Lipinski definition) is 6. The molecule has 0 fully saturated rings. The molecule has 2 rings (SSSR count). The van der Waals surface area contributed by atoms with E-state index in [0.717, 1.165) is 4.47 Å². The minimum atomic E-state index is -0.508. The molecule has 0 aliphatic carbocycles. The number of carbonyl (C=O) groups is 2. The SMILES string of the molecule is CC(C)(C)OC(=O)c1cc(Br)ccc1N.CC(C)(C)OC(=O)c1ccccc1N. The molecule has 7 heteroatoms. The Morgan fingerprint density at radius 1 is 0.759 bits per heavy atom. The van der Waals surface area contributed by atoms with Crippen LogP contribution in [0.3, 0.4) is 0 Å². The van der Waals surface area contributed by atoms with Crippen LogP contribution in [-0.2, 0) is 9.47 Å². The van der Waals surface area contributed by atoms with Crippen molar-refractivity contribution in [2.45, 2.75) is 52.7 Å². The molecule has 0 aliphatic rings. The summed E-state index contributed by atoms with van der Waals surface area (Å²) in [5.41, 5.74) is 12.0. The van der Waals surface area contributed by atoms with Gasteiger partial charge >= 0.3 is 11.9 Å². The fourth-order valence-corrected chi connectivity index (χ4v) is 2.42. The molecule has 0 aliphatic heterocycles. The van der Waals surface area contributed by atoms with Gasteiger partial charge in [-0.2, -0.15) is 0 Å². The van der Waals surface area contributed by atoms with Gasteiger partial charge in [-0.05, 0) is 71.9 Å². The molecule has 0 heterocycles. The van der Waals surface area contributed by atoms with Crippen LogP contribution in [-0.4, -0.2) is 23.1 Å². The Morgan fingerprint density at radius 3 is 1.69 bits per heavy atom. The number of carbonyl (C=O) groups excluding carboxylic acids is 2. The Labute approximate surface area is 180 Å². The van der Waals surface area contributed by atoms with E-state index in [4.69, 9.17) is 20.9 Å². The topological polar surface area (TPSA) is 105 Å². The van der Waals surface area contributed by atoms with Gasteiger partial charge in [-0.3, -0.25) is 0 Å². The number of anilines is 2. The number of ether oxygens (including phenoxy) is 2. The van der Waals surface area contributed by atoms with Crippen molar-refractivity contribution in [2.75, 3.05) is 11.5 Å². The second kappa shape index (κ2) is 9.78. The molecule has 0 radical (unpaired) electrons. The molecule has 0 spiro atoms. The molecule has 4 N–H and O–H groups in total. The predicted molar refractivity (Wildman–Crippen MR) is 120 cm³/mol. The van der Waals surface area contributed by atoms with Crippen LogP contribution < -0.4 is 11.5 Å². The van der Waals surface area contributed by atoms with Crippen LogP contribution in [0.4, 0.5) is 11.4 Å². The Bertz CT molecular complexity index is 868. The lowest BCUT2D eigenvalue weighted by molar-refractivity contribution is 0.00581. The number of nitrogen functional groups attached to an aromatic ring is 2. The van der Waals surface area contributed by atoms with E-state index < -0.39 is 17.2 Å². The van der Waals surface area contributed by atoms with Gasteiger partial charge in [0.2, 0.25) is 0 Å². The maximum atomic E-state index is 11.7. The highest BCUT2D eigenvalue weighted by Crippen LogP contribution is 2.21. The zero-order valence-corrected chi connectivity index (χ0v) is 19.3. The minimum absolute atomic E-state index is 0.379. The van der Waals surface area contributed by atoms with Gasteiger partial charge in [0, 0.05) is 15.8 Å². The molecular formula is C22H29BrN2O4. The van der Waals surface area contributed by atoms with Gasteiger partial charge in [-0.1, -0.05) is 28.1 Å². The minimum Gasteiger partial charge on any atom is -0.456 e. The van der Waals surface area contributed by atoms with E-state index in [1.807, 2.05) is 41.5 Å². The van der Waals surface area contributed by atoms with Crippen LogP contribution >= 0.6 is 15.9 Å². The smallest absolute Gasteiger partial charge is 0.340 e. The first-order chi connectivity index (χ1) is 13.2. The summed E-state index contributed by atoms with van der Waals surface area (Å²) in [6.45, 7) is 10.9. The van der Waals surface area contributed by atoms with Crippen LogP contribution in [0.25, 0.3) is 0 Å². The number of benzene rings is 2. The van der Waals surface area contributed by atoms with Crippen molar-refractivity contribution in [3.63, 3.8) is 0 Å². The number of rotatable bonds is 2. The molecule has 0 saturated heterocycles. The van der Waals surface area contributed by atoms with Crippen molar-refractivity contribution in [3.8, 4) is 0 Å². The van der Waals surface area contributed by atoms with E-state index in [9.17, 15) is 9.59 Å². The van der Waals surface area contributed by atoms with Crippen molar-refractivity contribution in [2.24, 2.45) is 0 Å². The van der Waals surface area contributed by atoms with Crippen molar-refractivity contribution in [1.29, 1.82) is 0 Å². The molecule has 6 nitrogen and oxygen atoms in total. The fourth-order valence-electron chi connectivity index (χ4n) is 2.05. The van der Waals surface area contributed by atoms with Crippen LogP contribution in [0.1, 0.15) is 62.3 Å². The van der Waals surface area contributed by atoms with E-state index in [2.05, 4.69) is 15.9 Å². The molecule has 0 amide bonds. The van der Waals surface area contributed by atoms with E-state index >= 15 is 0 Å². The molecule has 0 saturated carbocycles. The van der Waals surface area contributed by atoms with Gasteiger partial charge in [0.15, 0.2) is 0 Å². The molecule has 2 aromatic rings. The molecule has 0 atom stereocenters. The van der Waals surface area contributed by atoms with Crippen molar-refractivity contribution >= 4 is 39.2 Å². The Hall–Kier alpha value is -2.54. The first-order valence-electron chi connectivity index (χ1n) is 9.06. The van der Waals surface area contributed by atoms with Gasteiger partial charge < -0.3 is 20.9 Å². The quantitative estimate of drug-likeness (QED) is 0.466. The normalized spacial score (nSPS) is 11.1. The maximum absolute atomic E-state index is 11.7. The van der Waals surface area contributed by atoms with Gasteiger partial charge in [0.05, 0.1) is 11.1 Å². The number of hydrogen-bond donors (Lipinski definition) is 2. The lowest BCUT2D eigenvalue weighted by atomic mass is 10.1. The summed E-state index contributed by atoms with van der Waals surface area (Å²) < 4.78 is 11.2. The van der Waals surface area contributed by atoms with E-state index in [1.165, 1.54) is 0 Å². The number of para-hydroxylation sites is 1. The van der Waals surface area contributed by atoms with Gasteiger partial charge in [-0.15, -0.1) is 0 Å². The summed E-state index contributed by atoms with van der Waals surface area (Å²) in [6.07, 6.45) is 0. The molecule has 0 aromatic heterocycles. The zero-order valence-electron chi connectivity index (χ0n) is 17.7. The molecular weight excluding hydrogens is 436 g/mol. The van der Waals surface area contributed by atoms with Crippen molar-refractivity contribution < 1.29 is 19.1 Å². The zero-order chi connectivity index (χ0) is 22.4. The first-order valence-corrected chi connectivity index (χ1v) is 9.85. The number of nitrogens with two attached hydrogens (primary N) is 2. The van der Waals surface area contributed by atoms with E-state index in [-0.39, 0.29) is 5.97 Å². The predicted octanol–water partition coefficient (Wildman–Crippen LogP) is 5.21. The van der Waals surface area contributed by atoms with Crippen LogP contribution in [0.15, 0.2) is 46.9 Å². The summed E-state index contributed by atoms with van der Waals surface area (Å²) >= 11 is 3.28. The van der Waals surface area contributed by atoms with E-state index in [1.54, 1.807) is 42.5 Å². The lowest BCUT2D eigenvalue weighted by Crippen LogP contribution is -2.24. The van der Waals surface area contributed by atoms with Gasteiger partial charge in [-0.25, -0.2) is 9.59 Å². The molecule has 158 valence electrons. The third-order valence-electron chi connectivity index (χ3n) is 3.21. The summed E-state index contributed by atoms with van der Waals surface area (Å²) in [5.74, 6) is -0.781. The second-order valence-electron chi connectivity index (χ2n) is 8.32. The number of esters is 2. The highest BCUT2D eigenvalue weighted by molar-refractivity contribution is 9.10. The monoisotopic (exact) mass is 464 g/mol. The van der Waals surface area contributed by atoms with Crippen molar-refractivity contribution in [3.05, 3.63) is 58.1 Å². The summed E-state index contributed by atoms with van der Waals surface area (Å²) in [5, 5.41) is 0. The third kappa shape index (κ3) is 9.00. The lowest BCUT2D eigenvalue weighted by Gasteiger charge is -2.20. The fraction of sp³-hybridized carbons (Fsp3) is 0.364. The average molecular weight is 465 g/mol. The molecule has 0 unspecified atom stereocenters. The number of halogens is 1. The van der Waals surface area contributed by atoms with Gasteiger partial charge in [0.25, 0.3) is 0 Å². The first kappa shape index (κ1) is 24.5. The largest absolute Gasteiger partial charge is 0.456 e. The van der Waals surface area contributed by atoms with Crippen LogP contribution in [0, 0.1) is 0 Å². The Kier molecular flexibility index (Phi) is 8.26. The Morgan fingerprint density at radius 2 is 1.21 bits per heavy atom. The highest BCUT2D eigenvalue weighted by atomic mass is 79.9. The van der Waals surface area contributed by atoms with Gasteiger partial charge in [0.1, 0.15) is 11.2 Å². The third-order valence-corrected chi connectivity index (χ3v) is 3.71. The van der Waals surface area contributed by atoms with Crippen LogP contribution in [0.5, 0.6) is 0 Å². The summed E-state index contributed by atoms with van der Waals surface area (Å²) in [7, 11) is 0. The summed E-state index contributed by atoms with van der Waals surface area (Å²) in [4.78, 5) is 23.3. The molecule has 29 heavy (non-hydrogen) atoms. The highest BCUT2D eigenvalue weighted by Gasteiger charge is 2.20. The van der Waals surface area contributed by atoms with Crippen molar-refractivity contribution in [1.82, 2.24) is 0 Å². The molecule has 0 bridgehead atoms. The average Bonchev–Trinajstić information content (AvgIpc) is 2.55. The van der Waals surface area contributed by atoms with Crippen LogP contribution in [0.2, 0.25) is 0 Å².